The van der Waals surface area contributed by atoms with Crippen molar-refractivity contribution in [3.63, 3.8) is 0 Å². The molecule has 1 atom stereocenters. The van der Waals surface area contributed by atoms with E-state index < -0.39 is 0 Å². The first-order chi connectivity index (χ1) is 11.1. The number of furan rings is 1. The van der Waals surface area contributed by atoms with Crippen molar-refractivity contribution < 1.29 is 13.9 Å². The van der Waals surface area contributed by atoms with Gasteiger partial charge in [-0.1, -0.05) is 11.8 Å². The fourth-order valence-electron chi connectivity index (χ4n) is 1.92. The fourth-order valence-corrected chi connectivity index (χ4v) is 2.76. The molecule has 0 spiro atoms. The molecule has 126 valence electrons. The molecule has 7 nitrogen and oxygen atoms in total. The lowest BCUT2D eigenvalue weighted by Gasteiger charge is -2.11. The van der Waals surface area contributed by atoms with E-state index in [1.165, 1.54) is 11.8 Å². The number of carbonyl (C=O) groups excluding carboxylic acids is 1. The predicted octanol–water partition coefficient (Wildman–Crippen LogP) is 2.10. The largest absolute Gasteiger partial charge is 0.461 e. The second-order valence-electron chi connectivity index (χ2n) is 4.94. The number of rotatable bonds is 9. The lowest BCUT2D eigenvalue weighted by Crippen LogP contribution is -2.32. The van der Waals surface area contributed by atoms with E-state index >= 15 is 0 Å². The van der Waals surface area contributed by atoms with Crippen LogP contribution in [0, 0.1) is 0 Å². The van der Waals surface area contributed by atoms with Crippen LogP contribution in [0.25, 0.3) is 11.6 Å². The molecule has 0 fully saturated rings. The van der Waals surface area contributed by atoms with Crippen LogP contribution in [0.2, 0.25) is 0 Å². The first kappa shape index (κ1) is 17.6. The summed E-state index contributed by atoms with van der Waals surface area (Å²) in [5, 5.41) is 11.6. The van der Waals surface area contributed by atoms with Crippen molar-refractivity contribution in [2.24, 2.45) is 7.05 Å². The van der Waals surface area contributed by atoms with Gasteiger partial charge in [0.15, 0.2) is 16.7 Å². The Hall–Kier alpha value is -1.80. The highest BCUT2D eigenvalue weighted by Gasteiger charge is 2.19. The van der Waals surface area contributed by atoms with Crippen molar-refractivity contribution in [1.29, 1.82) is 0 Å². The number of aromatic nitrogens is 3. The van der Waals surface area contributed by atoms with E-state index in [0.29, 0.717) is 36.5 Å². The summed E-state index contributed by atoms with van der Waals surface area (Å²) in [4.78, 5) is 12.1. The maximum Gasteiger partial charge on any atom is 0.233 e. The average molecular weight is 338 g/mol. The smallest absolute Gasteiger partial charge is 0.233 e. The molecule has 8 heteroatoms. The van der Waals surface area contributed by atoms with Gasteiger partial charge in [0.2, 0.25) is 5.91 Å². The maximum atomic E-state index is 12.1. The van der Waals surface area contributed by atoms with Crippen molar-refractivity contribution in [3.05, 3.63) is 18.4 Å². The molecule has 1 unspecified atom stereocenters. The summed E-state index contributed by atoms with van der Waals surface area (Å²) in [5.41, 5.74) is 0. The third kappa shape index (κ3) is 4.84. The Morgan fingerprint density at radius 2 is 2.35 bits per heavy atom. The number of hydrogen-bond donors (Lipinski definition) is 1. The standard InChI is InChI=1S/C15H22N4O3S/c1-4-21-9-6-8-16-14(20)11(2)23-15-18-17-13(19(15)3)12-7-5-10-22-12/h5,7,10-11H,4,6,8-9H2,1-3H3,(H,16,20). The van der Waals surface area contributed by atoms with Crippen LogP contribution >= 0.6 is 11.8 Å². The molecule has 0 aliphatic heterocycles. The van der Waals surface area contributed by atoms with Crippen molar-refractivity contribution >= 4 is 17.7 Å². The molecule has 0 saturated carbocycles. The van der Waals surface area contributed by atoms with Crippen molar-refractivity contribution in [2.75, 3.05) is 19.8 Å². The van der Waals surface area contributed by atoms with E-state index in [1.54, 1.807) is 12.3 Å². The van der Waals surface area contributed by atoms with Gasteiger partial charge in [0, 0.05) is 26.8 Å². The molecule has 2 aromatic rings. The minimum atomic E-state index is -0.255. The predicted molar refractivity (Wildman–Crippen MR) is 88.1 cm³/mol. The molecule has 2 aromatic heterocycles. The van der Waals surface area contributed by atoms with E-state index in [9.17, 15) is 4.79 Å². The highest BCUT2D eigenvalue weighted by molar-refractivity contribution is 8.00. The monoisotopic (exact) mass is 338 g/mol. The Balaban J connectivity index is 1.85. The highest BCUT2D eigenvalue weighted by Crippen LogP contribution is 2.25. The third-order valence-electron chi connectivity index (χ3n) is 3.20. The number of nitrogens with zero attached hydrogens (tertiary/aromatic N) is 3. The molecule has 1 N–H and O–H groups in total. The van der Waals surface area contributed by atoms with Gasteiger partial charge in [-0.25, -0.2) is 0 Å². The molecule has 23 heavy (non-hydrogen) atoms. The molecular weight excluding hydrogens is 316 g/mol. The summed E-state index contributed by atoms with van der Waals surface area (Å²) in [7, 11) is 1.85. The molecule has 0 radical (unpaired) electrons. The van der Waals surface area contributed by atoms with Gasteiger partial charge in [-0.05, 0) is 32.4 Å². The number of thioether (sulfide) groups is 1. The second kappa shape index (κ2) is 8.73. The number of hydrogen-bond acceptors (Lipinski definition) is 6. The third-order valence-corrected chi connectivity index (χ3v) is 4.33. The van der Waals surface area contributed by atoms with E-state index in [4.69, 9.17) is 9.15 Å². The summed E-state index contributed by atoms with van der Waals surface area (Å²) in [6.45, 7) is 5.78. The van der Waals surface area contributed by atoms with Gasteiger partial charge in [0.25, 0.3) is 0 Å². The van der Waals surface area contributed by atoms with Crippen LogP contribution in [0.3, 0.4) is 0 Å². The first-order valence-electron chi connectivity index (χ1n) is 7.58. The number of ether oxygens (including phenoxy) is 1. The van der Waals surface area contributed by atoms with Crippen molar-refractivity contribution in [1.82, 2.24) is 20.1 Å². The Morgan fingerprint density at radius 1 is 1.52 bits per heavy atom. The summed E-state index contributed by atoms with van der Waals surface area (Å²) >= 11 is 1.37. The summed E-state index contributed by atoms with van der Waals surface area (Å²) in [5.74, 6) is 1.27. The molecule has 0 aliphatic carbocycles. The van der Waals surface area contributed by atoms with E-state index in [-0.39, 0.29) is 11.2 Å². The molecule has 0 saturated heterocycles. The topological polar surface area (TPSA) is 82.2 Å². The zero-order valence-electron chi connectivity index (χ0n) is 13.6. The molecule has 0 bridgehead atoms. The second-order valence-corrected chi connectivity index (χ2v) is 6.25. The van der Waals surface area contributed by atoms with Crippen LogP contribution in [0.5, 0.6) is 0 Å². The van der Waals surface area contributed by atoms with Gasteiger partial charge >= 0.3 is 0 Å². The zero-order valence-corrected chi connectivity index (χ0v) is 14.4. The molecule has 2 rings (SSSR count). The average Bonchev–Trinajstić information content (AvgIpc) is 3.17. The van der Waals surface area contributed by atoms with Crippen LogP contribution in [0.4, 0.5) is 0 Å². The Bertz CT molecular complexity index is 612. The summed E-state index contributed by atoms with van der Waals surface area (Å²) < 4.78 is 12.4. The normalized spacial score (nSPS) is 12.3. The molecule has 1 amide bonds. The van der Waals surface area contributed by atoms with E-state index in [0.717, 1.165) is 6.42 Å². The summed E-state index contributed by atoms with van der Waals surface area (Å²) in [6, 6.07) is 3.63. The van der Waals surface area contributed by atoms with Gasteiger partial charge in [0.05, 0.1) is 11.5 Å². The van der Waals surface area contributed by atoms with E-state index in [2.05, 4.69) is 15.5 Å². The van der Waals surface area contributed by atoms with Crippen LogP contribution < -0.4 is 5.32 Å². The van der Waals surface area contributed by atoms with Gasteiger partial charge in [0.1, 0.15) is 0 Å². The van der Waals surface area contributed by atoms with Gasteiger partial charge in [-0.3, -0.25) is 4.79 Å². The number of amides is 1. The van der Waals surface area contributed by atoms with Crippen LogP contribution in [0.1, 0.15) is 20.3 Å². The molecule has 0 aliphatic rings. The Morgan fingerprint density at radius 3 is 3.04 bits per heavy atom. The van der Waals surface area contributed by atoms with Crippen LogP contribution in [-0.2, 0) is 16.6 Å². The first-order valence-corrected chi connectivity index (χ1v) is 8.46. The minimum absolute atomic E-state index is 0.0194. The number of nitrogens with one attached hydrogen (secondary N) is 1. The summed E-state index contributed by atoms with van der Waals surface area (Å²) in [6.07, 6.45) is 2.40. The van der Waals surface area contributed by atoms with E-state index in [1.807, 2.05) is 31.5 Å². The highest BCUT2D eigenvalue weighted by atomic mass is 32.2. The van der Waals surface area contributed by atoms with Crippen LogP contribution in [-0.4, -0.2) is 45.7 Å². The Labute approximate surface area is 139 Å². The minimum Gasteiger partial charge on any atom is -0.461 e. The maximum absolute atomic E-state index is 12.1. The van der Waals surface area contributed by atoms with Crippen molar-refractivity contribution in [2.45, 2.75) is 30.7 Å². The van der Waals surface area contributed by atoms with Crippen LogP contribution in [0.15, 0.2) is 28.0 Å². The SMILES string of the molecule is CCOCCCNC(=O)C(C)Sc1nnc(-c2ccco2)n1C. The molecule has 0 aromatic carbocycles. The zero-order chi connectivity index (χ0) is 16.7. The lowest BCUT2D eigenvalue weighted by atomic mass is 10.4. The Kier molecular flexibility index (Phi) is 6.66. The van der Waals surface area contributed by atoms with Gasteiger partial charge in [-0.15, -0.1) is 10.2 Å². The van der Waals surface area contributed by atoms with Gasteiger partial charge in [-0.2, -0.15) is 0 Å². The van der Waals surface area contributed by atoms with Crippen molar-refractivity contribution in [3.8, 4) is 11.6 Å². The molecule has 2 heterocycles. The van der Waals surface area contributed by atoms with Gasteiger partial charge < -0.3 is 19.0 Å². The fraction of sp³-hybridized carbons (Fsp3) is 0.533. The quantitative estimate of drug-likeness (QED) is 0.557. The number of carbonyl (C=O) groups is 1. The lowest BCUT2D eigenvalue weighted by molar-refractivity contribution is -0.120. The molecular formula is C15H22N4O3S.